The number of likely N-dealkylation sites (tertiary alicyclic amines) is 1. The first-order chi connectivity index (χ1) is 13.1. The fourth-order valence-electron chi connectivity index (χ4n) is 3.71. The van der Waals surface area contributed by atoms with Crippen LogP contribution in [0.4, 0.5) is 11.8 Å². The second-order valence-electron chi connectivity index (χ2n) is 7.26. The van der Waals surface area contributed by atoms with E-state index in [0.717, 1.165) is 31.7 Å². The van der Waals surface area contributed by atoms with Crippen molar-refractivity contribution in [1.29, 1.82) is 0 Å². The maximum atomic E-state index is 11.7. The van der Waals surface area contributed by atoms with Crippen molar-refractivity contribution in [3.8, 4) is 0 Å². The maximum absolute atomic E-state index is 11.7. The molecule has 1 unspecified atom stereocenters. The van der Waals surface area contributed by atoms with Gasteiger partial charge in [-0.25, -0.2) is 4.98 Å². The number of nitrogens with zero attached hydrogens (tertiary/aromatic N) is 5. The van der Waals surface area contributed by atoms with Crippen LogP contribution in [-0.4, -0.2) is 84.8 Å². The van der Waals surface area contributed by atoms with Crippen LogP contribution in [0.1, 0.15) is 23.3 Å². The molecule has 3 heterocycles. The number of aromatic nitrogens is 2. The number of hydrogen-bond donors (Lipinski definition) is 1. The van der Waals surface area contributed by atoms with E-state index in [9.17, 15) is 9.59 Å². The maximum Gasteiger partial charge on any atom is 0.246 e. The van der Waals surface area contributed by atoms with Gasteiger partial charge in [-0.2, -0.15) is 4.98 Å². The van der Waals surface area contributed by atoms with E-state index >= 15 is 0 Å². The topological polar surface area (TPSA) is 81.7 Å². The molecule has 2 fully saturated rings. The number of amides is 1. The van der Waals surface area contributed by atoms with Gasteiger partial charge in [0.15, 0.2) is 6.29 Å². The Hall–Kier alpha value is -2.48. The van der Waals surface area contributed by atoms with Crippen LogP contribution in [0.2, 0.25) is 0 Å². The Morgan fingerprint density at radius 1 is 1.30 bits per heavy atom. The summed E-state index contributed by atoms with van der Waals surface area (Å²) in [5.74, 6) is 1.73. The predicted octanol–water partition coefficient (Wildman–Crippen LogP) is 0.877. The lowest BCUT2D eigenvalue weighted by Gasteiger charge is -2.35. The fraction of sp³-hybridized carbons (Fsp3) is 0.579. The molecular weight excluding hydrogens is 344 g/mol. The van der Waals surface area contributed by atoms with E-state index < -0.39 is 0 Å². The van der Waals surface area contributed by atoms with Crippen LogP contribution in [0.3, 0.4) is 0 Å². The van der Waals surface area contributed by atoms with Crippen LogP contribution in [0, 0.1) is 5.92 Å². The van der Waals surface area contributed by atoms with Crippen LogP contribution in [0.5, 0.6) is 0 Å². The zero-order valence-electron chi connectivity index (χ0n) is 15.9. The van der Waals surface area contributed by atoms with E-state index in [1.807, 2.05) is 0 Å². The summed E-state index contributed by atoms with van der Waals surface area (Å²) >= 11 is 0. The summed E-state index contributed by atoms with van der Waals surface area (Å²) in [4.78, 5) is 38.1. The summed E-state index contributed by atoms with van der Waals surface area (Å²) in [5, 5.41) is 3.31. The summed E-state index contributed by atoms with van der Waals surface area (Å²) in [7, 11) is 2.14. The molecule has 0 spiro atoms. The highest BCUT2D eigenvalue weighted by Crippen LogP contribution is 2.19. The molecule has 0 bridgehead atoms. The van der Waals surface area contributed by atoms with Crippen LogP contribution in [-0.2, 0) is 4.79 Å². The van der Waals surface area contributed by atoms with Gasteiger partial charge < -0.3 is 20.0 Å². The molecule has 3 rings (SSSR count). The van der Waals surface area contributed by atoms with Crippen LogP contribution in [0.25, 0.3) is 0 Å². The number of anilines is 2. The molecule has 1 N–H and O–H groups in total. The highest BCUT2D eigenvalue weighted by Gasteiger charge is 2.22. The summed E-state index contributed by atoms with van der Waals surface area (Å²) in [5.41, 5.74) is 0.368. The lowest BCUT2D eigenvalue weighted by Crippen LogP contribution is -2.48. The second-order valence-corrected chi connectivity index (χ2v) is 7.26. The Kier molecular flexibility index (Phi) is 6.39. The van der Waals surface area contributed by atoms with E-state index in [1.165, 1.54) is 18.9 Å². The summed E-state index contributed by atoms with van der Waals surface area (Å²) in [6, 6.07) is 1.71. The van der Waals surface area contributed by atoms with Crippen molar-refractivity contribution in [3.05, 3.63) is 24.4 Å². The molecule has 0 aliphatic carbocycles. The average molecular weight is 372 g/mol. The number of nitrogens with one attached hydrogen (secondary N) is 1. The van der Waals surface area contributed by atoms with E-state index in [4.69, 9.17) is 0 Å². The minimum atomic E-state index is -0.0503. The second kappa shape index (κ2) is 8.94. The average Bonchev–Trinajstić information content (AvgIpc) is 2.71. The minimum Gasteiger partial charge on any atom is -0.354 e. The molecule has 146 valence electrons. The molecule has 2 aliphatic heterocycles. The highest BCUT2D eigenvalue weighted by atomic mass is 16.2. The highest BCUT2D eigenvalue weighted by molar-refractivity contribution is 5.87. The molecule has 1 amide bonds. The first kappa shape index (κ1) is 19.3. The van der Waals surface area contributed by atoms with Crippen molar-refractivity contribution >= 4 is 24.0 Å². The first-order valence-electron chi connectivity index (χ1n) is 9.52. The van der Waals surface area contributed by atoms with Crippen LogP contribution < -0.4 is 10.2 Å². The largest absolute Gasteiger partial charge is 0.354 e. The third-order valence-corrected chi connectivity index (χ3v) is 5.21. The van der Waals surface area contributed by atoms with Crippen molar-refractivity contribution in [2.24, 2.45) is 5.92 Å². The molecule has 0 saturated carbocycles. The predicted molar refractivity (Wildman–Crippen MR) is 105 cm³/mol. The molecule has 8 heteroatoms. The fourth-order valence-corrected chi connectivity index (χ4v) is 3.71. The summed E-state index contributed by atoms with van der Waals surface area (Å²) in [6.07, 6.45) is 4.49. The summed E-state index contributed by atoms with van der Waals surface area (Å²) in [6.45, 7) is 9.11. The Labute approximate surface area is 160 Å². The Balaban J connectivity index is 1.64. The van der Waals surface area contributed by atoms with Gasteiger partial charge in [0, 0.05) is 45.3 Å². The van der Waals surface area contributed by atoms with Gasteiger partial charge in [-0.1, -0.05) is 6.58 Å². The lowest BCUT2D eigenvalue weighted by atomic mass is 9.99. The number of rotatable bonds is 6. The third-order valence-electron chi connectivity index (χ3n) is 5.21. The molecule has 2 aliphatic rings. The number of aldehydes is 1. The smallest absolute Gasteiger partial charge is 0.246 e. The number of carbonyl (C=O) groups excluding carboxylic acids is 2. The Morgan fingerprint density at radius 3 is 2.74 bits per heavy atom. The number of piperazine rings is 1. The zero-order valence-corrected chi connectivity index (χ0v) is 15.9. The Morgan fingerprint density at radius 2 is 2.07 bits per heavy atom. The van der Waals surface area contributed by atoms with Crippen LogP contribution in [0.15, 0.2) is 18.7 Å². The van der Waals surface area contributed by atoms with Gasteiger partial charge in [-0.3, -0.25) is 9.59 Å². The van der Waals surface area contributed by atoms with Gasteiger partial charge in [-0.15, -0.1) is 0 Å². The minimum absolute atomic E-state index is 0.0503. The molecule has 2 saturated heterocycles. The number of carbonyl (C=O) groups is 2. The molecule has 0 aromatic carbocycles. The SMILES string of the molecule is C=CC(=O)N1CCN(c2cc(C=O)nc(NCC3CCCN(C)C3)n2)CC1. The molecule has 0 radical (unpaired) electrons. The molecule has 8 nitrogen and oxygen atoms in total. The van der Waals surface area contributed by atoms with Crippen molar-refractivity contribution < 1.29 is 9.59 Å². The van der Waals surface area contributed by atoms with E-state index in [1.54, 1.807) is 11.0 Å². The van der Waals surface area contributed by atoms with E-state index in [2.05, 4.69) is 38.7 Å². The van der Waals surface area contributed by atoms with Gasteiger partial charge in [0.2, 0.25) is 11.9 Å². The van der Waals surface area contributed by atoms with Crippen molar-refractivity contribution in [2.75, 3.05) is 63.1 Å². The molecular formula is C19H28N6O2. The van der Waals surface area contributed by atoms with Gasteiger partial charge in [-0.05, 0) is 38.4 Å². The van der Waals surface area contributed by atoms with Gasteiger partial charge in [0.05, 0.1) is 0 Å². The van der Waals surface area contributed by atoms with Gasteiger partial charge in [0.1, 0.15) is 11.5 Å². The van der Waals surface area contributed by atoms with Gasteiger partial charge >= 0.3 is 0 Å². The monoisotopic (exact) mass is 372 g/mol. The van der Waals surface area contributed by atoms with Gasteiger partial charge in [0.25, 0.3) is 0 Å². The van der Waals surface area contributed by atoms with Crippen molar-refractivity contribution in [1.82, 2.24) is 19.8 Å². The van der Waals surface area contributed by atoms with E-state index in [0.29, 0.717) is 43.7 Å². The lowest BCUT2D eigenvalue weighted by molar-refractivity contribution is -0.126. The Bertz CT molecular complexity index is 687. The summed E-state index contributed by atoms with van der Waals surface area (Å²) < 4.78 is 0. The molecule has 1 atom stereocenters. The molecule has 1 aromatic heterocycles. The number of hydrogen-bond acceptors (Lipinski definition) is 7. The van der Waals surface area contributed by atoms with E-state index in [-0.39, 0.29) is 5.91 Å². The quantitative estimate of drug-likeness (QED) is 0.586. The standard InChI is InChI=1S/C19H28N6O2/c1-3-18(27)25-9-7-24(8-10-25)17-11-16(14-26)21-19(22-17)20-12-15-5-4-6-23(2)13-15/h3,11,14-15H,1,4-10,12-13H2,2H3,(H,20,21,22). The zero-order chi connectivity index (χ0) is 19.2. The third kappa shape index (κ3) is 5.03. The van der Waals surface area contributed by atoms with Crippen LogP contribution >= 0.6 is 0 Å². The first-order valence-corrected chi connectivity index (χ1v) is 9.52. The van der Waals surface area contributed by atoms with Crippen molar-refractivity contribution in [2.45, 2.75) is 12.8 Å². The number of piperidine rings is 1. The molecule has 1 aromatic rings. The molecule has 27 heavy (non-hydrogen) atoms. The normalized spacial score (nSPS) is 21.0. The van der Waals surface area contributed by atoms with Crippen molar-refractivity contribution in [3.63, 3.8) is 0 Å².